The standard InChI is InChI=1S/C13H20N4O/c1-17-12-3-2-9(4-10(12)5-13(17)18)7-16-8-11(15)6-14/h2-4,11,16H,5-8,14-15H2,1H3. The highest BCUT2D eigenvalue weighted by molar-refractivity contribution is 6.00. The number of fused-ring (bicyclic) bond motifs is 1. The van der Waals surface area contributed by atoms with E-state index >= 15 is 0 Å². The van der Waals surface area contributed by atoms with Gasteiger partial charge in [0.15, 0.2) is 0 Å². The van der Waals surface area contributed by atoms with Crippen LogP contribution in [0.25, 0.3) is 0 Å². The van der Waals surface area contributed by atoms with Crippen molar-refractivity contribution in [2.75, 3.05) is 25.0 Å². The molecule has 98 valence electrons. The van der Waals surface area contributed by atoms with Crippen LogP contribution in [0, 0.1) is 0 Å². The predicted octanol–water partition coefficient (Wildman–Crippen LogP) is -0.419. The Morgan fingerprint density at radius 1 is 1.50 bits per heavy atom. The van der Waals surface area contributed by atoms with Crippen molar-refractivity contribution < 1.29 is 4.79 Å². The van der Waals surface area contributed by atoms with Crippen molar-refractivity contribution in [3.8, 4) is 0 Å². The summed E-state index contributed by atoms with van der Waals surface area (Å²) >= 11 is 0. The van der Waals surface area contributed by atoms with Gasteiger partial charge in [0, 0.05) is 38.4 Å². The van der Waals surface area contributed by atoms with Gasteiger partial charge in [-0.15, -0.1) is 0 Å². The molecular formula is C13H20N4O. The van der Waals surface area contributed by atoms with E-state index in [1.165, 1.54) is 5.56 Å². The smallest absolute Gasteiger partial charge is 0.231 e. The molecule has 5 nitrogen and oxygen atoms in total. The van der Waals surface area contributed by atoms with Crippen molar-refractivity contribution in [2.24, 2.45) is 11.5 Å². The summed E-state index contributed by atoms with van der Waals surface area (Å²) in [4.78, 5) is 13.3. The summed E-state index contributed by atoms with van der Waals surface area (Å²) in [7, 11) is 1.81. The van der Waals surface area contributed by atoms with Gasteiger partial charge in [0.05, 0.1) is 6.42 Å². The fourth-order valence-corrected chi connectivity index (χ4v) is 2.12. The molecule has 1 aromatic carbocycles. The lowest BCUT2D eigenvalue weighted by atomic mass is 10.1. The van der Waals surface area contributed by atoms with Crippen LogP contribution in [0.3, 0.4) is 0 Å². The first-order chi connectivity index (χ1) is 8.61. The molecular weight excluding hydrogens is 228 g/mol. The molecule has 0 saturated carbocycles. The van der Waals surface area contributed by atoms with E-state index in [4.69, 9.17) is 11.5 Å². The molecule has 0 radical (unpaired) electrons. The quantitative estimate of drug-likeness (QED) is 0.661. The number of likely N-dealkylation sites (N-methyl/N-ethyl adjacent to an activating group) is 1. The van der Waals surface area contributed by atoms with E-state index in [0.717, 1.165) is 17.8 Å². The van der Waals surface area contributed by atoms with Gasteiger partial charge in [-0.1, -0.05) is 12.1 Å². The molecule has 0 spiro atoms. The molecule has 18 heavy (non-hydrogen) atoms. The van der Waals surface area contributed by atoms with Crippen LogP contribution < -0.4 is 21.7 Å². The fourth-order valence-electron chi connectivity index (χ4n) is 2.12. The second-order valence-electron chi connectivity index (χ2n) is 4.72. The van der Waals surface area contributed by atoms with Crippen LogP contribution in [0.1, 0.15) is 11.1 Å². The van der Waals surface area contributed by atoms with E-state index in [1.54, 1.807) is 4.90 Å². The van der Waals surface area contributed by atoms with Gasteiger partial charge in [-0.3, -0.25) is 4.79 Å². The zero-order chi connectivity index (χ0) is 13.1. The normalized spacial score (nSPS) is 15.9. The van der Waals surface area contributed by atoms with E-state index < -0.39 is 0 Å². The van der Waals surface area contributed by atoms with Crippen molar-refractivity contribution in [2.45, 2.75) is 19.0 Å². The maximum Gasteiger partial charge on any atom is 0.231 e. The molecule has 1 aliphatic rings. The largest absolute Gasteiger partial charge is 0.329 e. The highest BCUT2D eigenvalue weighted by Crippen LogP contribution is 2.28. The number of carbonyl (C=O) groups excluding carboxylic acids is 1. The van der Waals surface area contributed by atoms with Crippen LogP contribution in [0.2, 0.25) is 0 Å². The number of carbonyl (C=O) groups is 1. The summed E-state index contributed by atoms with van der Waals surface area (Å²) in [6.07, 6.45) is 0.502. The molecule has 0 bridgehead atoms. The van der Waals surface area contributed by atoms with Gasteiger partial charge in [-0.2, -0.15) is 0 Å². The summed E-state index contributed by atoms with van der Waals surface area (Å²) in [5.74, 6) is 0.153. The molecule has 0 saturated heterocycles. The minimum absolute atomic E-state index is 0.00728. The van der Waals surface area contributed by atoms with Crippen LogP contribution in [0.4, 0.5) is 5.69 Å². The Labute approximate surface area is 107 Å². The lowest BCUT2D eigenvalue weighted by Gasteiger charge is -2.12. The maximum absolute atomic E-state index is 11.6. The SMILES string of the molecule is CN1C(=O)Cc2cc(CNCC(N)CN)ccc21. The number of amides is 1. The Balaban J connectivity index is 1.96. The fraction of sp³-hybridized carbons (Fsp3) is 0.462. The van der Waals surface area contributed by atoms with Crippen molar-refractivity contribution >= 4 is 11.6 Å². The number of nitrogens with one attached hydrogen (secondary N) is 1. The number of hydrogen-bond donors (Lipinski definition) is 3. The third kappa shape index (κ3) is 2.69. The number of anilines is 1. The molecule has 1 aromatic rings. The summed E-state index contributed by atoms with van der Waals surface area (Å²) in [5.41, 5.74) is 14.5. The Morgan fingerprint density at radius 2 is 2.28 bits per heavy atom. The first-order valence-corrected chi connectivity index (χ1v) is 6.16. The molecule has 1 amide bonds. The van der Waals surface area contributed by atoms with Crippen LogP contribution >= 0.6 is 0 Å². The van der Waals surface area contributed by atoms with Crippen LogP contribution in [-0.4, -0.2) is 32.1 Å². The zero-order valence-corrected chi connectivity index (χ0v) is 10.6. The van der Waals surface area contributed by atoms with Crippen molar-refractivity contribution in [1.82, 2.24) is 5.32 Å². The van der Waals surface area contributed by atoms with Gasteiger partial charge in [0.1, 0.15) is 0 Å². The molecule has 1 aliphatic heterocycles. The molecule has 1 unspecified atom stereocenters. The van der Waals surface area contributed by atoms with Gasteiger partial charge in [0.2, 0.25) is 5.91 Å². The average Bonchev–Trinajstić information content (AvgIpc) is 2.64. The minimum atomic E-state index is -0.00728. The van der Waals surface area contributed by atoms with E-state index in [0.29, 0.717) is 19.5 Å². The minimum Gasteiger partial charge on any atom is -0.329 e. The van der Waals surface area contributed by atoms with Crippen molar-refractivity contribution in [3.05, 3.63) is 29.3 Å². The third-order valence-corrected chi connectivity index (χ3v) is 3.26. The monoisotopic (exact) mass is 248 g/mol. The van der Waals surface area contributed by atoms with E-state index in [2.05, 4.69) is 11.4 Å². The molecule has 1 atom stereocenters. The van der Waals surface area contributed by atoms with Gasteiger partial charge < -0.3 is 21.7 Å². The van der Waals surface area contributed by atoms with Crippen molar-refractivity contribution in [3.63, 3.8) is 0 Å². The Bertz CT molecular complexity index is 447. The van der Waals surface area contributed by atoms with Gasteiger partial charge in [-0.25, -0.2) is 0 Å². The molecule has 1 heterocycles. The number of rotatable bonds is 5. The number of benzene rings is 1. The molecule has 2 rings (SSSR count). The summed E-state index contributed by atoms with van der Waals surface area (Å²) in [6.45, 7) is 1.93. The predicted molar refractivity (Wildman–Crippen MR) is 72.3 cm³/mol. The molecule has 0 aromatic heterocycles. The topological polar surface area (TPSA) is 84.4 Å². The Kier molecular flexibility index (Phi) is 3.96. The lowest BCUT2D eigenvalue weighted by molar-refractivity contribution is -0.117. The second-order valence-corrected chi connectivity index (χ2v) is 4.72. The van der Waals surface area contributed by atoms with Gasteiger partial charge >= 0.3 is 0 Å². The lowest BCUT2D eigenvalue weighted by Crippen LogP contribution is -2.39. The first-order valence-electron chi connectivity index (χ1n) is 6.16. The van der Waals surface area contributed by atoms with Crippen LogP contribution in [-0.2, 0) is 17.8 Å². The summed E-state index contributed by atoms with van der Waals surface area (Å²) in [5, 5.41) is 3.26. The highest BCUT2D eigenvalue weighted by atomic mass is 16.2. The molecule has 0 aliphatic carbocycles. The third-order valence-electron chi connectivity index (χ3n) is 3.26. The second kappa shape index (κ2) is 5.48. The average molecular weight is 248 g/mol. The Hall–Kier alpha value is -1.43. The molecule has 5 heteroatoms. The van der Waals surface area contributed by atoms with E-state index in [-0.39, 0.29) is 11.9 Å². The molecule has 0 fully saturated rings. The summed E-state index contributed by atoms with van der Waals surface area (Å²) in [6, 6.07) is 6.11. The number of nitrogens with two attached hydrogens (primary N) is 2. The van der Waals surface area contributed by atoms with Crippen LogP contribution in [0.15, 0.2) is 18.2 Å². The number of nitrogens with zero attached hydrogens (tertiary/aromatic N) is 1. The van der Waals surface area contributed by atoms with Crippen LogP contribution in [0.5, 0.6) is 0 Å². The van der Waals surface area contributed by atoms with E-state index in [1.807, 2.05) is 19.2 Å². The first kappa shape index (κ1) is 13.0. The van der Waals surface area contributed by atoms with Gasteiger partial charge in [-0.05, 0) is 17.2 Å². The van der Waals surface area contributed by atoms with Gasteiger partial charge in [0.25, 0.3) is 0 Å². The highest BCUT2D eigenvalue weighted by Gasteiger charge is 2.23. The Morgan fingerprint density at radius 3 is 3.00 bits per heavy atom. The maximum atomic E-state index is 11.6. The zero-order valence-electron chi connectivity index (χ0n) is 10.6. The molecule has 5 N–H and O–H groups in total. The number of hydrogen-bond acceptors (Lipinski definition) is 4. The summed E-state index contributed by atoms with van der Waals surface area (Å²) < 4.78 is 0. The van der Waals surface area contributed by atoms with E-state index in [9.17, 15) is 4.79 Å². The van der Waals surface area contributed by atoms with Crippen molar-refractivity contribution in [1.29, 1.82) is 0 Å².